The van der Waals surface area contributed by atoms with Crippen molar-refractivity contribution in [3.63, 3.8) is 0 Å². The van der Waals surface area contributed by atoms with Crippen molar-refractivity contribution < 1.29 is 18.9 Å². The lowest BCUT2D eigenvalue weighted by molar-refractivity contribution is 0.0888. The molecule has 0 saturated carbocycles. The molecule has 166 valence electrons. The Morgan fingerprint density at radius 2 is 2.00 bits per heavy atom. The molecule has 0 aromatic heterocycles. The third kappa shape index (κ3) is 10.9. The van der Waals surface area contributed by atoms with Crippen LogP contribution in [0.4, 0.5) is 0 Å². The fraction of sp³-hybridized carbons (Fsp3) is 0.667. The highest BCUT2D eigenvalue weighted by Gasteiger charge is 2.15. The minimum atomic E-state index is -0.0270. The zero-order valence-corrected chi connectivity index (χ0v) is 20.1. The van der Waals surface area contributed by atoms with E-state index >= 15 is 0 Å². The standard InChI is InChI=1S/C21H35N3O4.HI/c1-4-22-21(23-11-5-12-26-15-18-10-13-27-16-18)24-14-17(2)28-20-8-6-19(25-3)7-9-20;/h6-9,17-18H,4-5,10-16H2,1-3H3,(H2,22,23,24);1H. The quantitative estimate of drug-likeness (QED) is 0.191. The van der Waals surface area contributed by atoms with Crippen LogP contribution >= 0.6 is 24.0 Å². The van der Waals surface area contributed by atoms with Crippen LogP contribution in [-0.2, 0) is 9.47 Å². The monoisotopic (exact) mass is 521 g/mol. The molecule has 1 fully saturated rings. The van der Waals surface area contributed by atoms with E-state index < -0.39 is 0 Å². The number of hydrogen-bond donors (Lipinski definition) is 2. The molecule has 2 N–H and O–H groups in total. The number of hydrogen-bond acceptors (Lipinski definition) is 5. The van der Waals surface area contributed by atoms with Crippen molar-refractivity contribution in [2.24, 2.45) is 10.9 Å². The highest BCUT2D eigenvalue weighted by molar-refractivity contribution is 14.0. The fourth-order valence-corrected chi connectivity index (χ4v) is 2.83. The van der Waals surface area contributed by atoms with Crippen molar-refractivity contribution in [3.8, 4) is 11.5 Å². The molecule has 1 saturated heterocycles. The summed E-state index contributed by atoms with van der Waals surface area (Å²) in [7, 11) is 1.65. The number of halogens is 1. The highest BCUT2D eigenvalue weighted by Crippen LogP contribution is 2.18. The predicted molar refractivity (Wildman–Crippen MR) is 127 cm³/mol. The van der Waals surface area contributed by atoms with Crippen LogP contribution in [0.3, 0.4) is 0 Å². The molecular formula is C21H36IN3O4. The summed E-state index contributed by atoms with van der Waals surface area (Å²) >= 11 is 0. The van der Waals surface area contributed by atoms with Gasteiger partial charge in [-0.05, 0) is 51.0 Å². The van der Waals surface area contributed by atoms with Gasteiger partial charge >= 0.3 is 0 Å². The van der Waals surface area contributed by atoms with Crippen LogP contribution in [0.15, 0.2) is 29.3 Å². The Bertz CT molecular complexity index is 566. The molecule has 1 aromatic carbocycles. The molecule has 2 unspecified atom stereocenters. The molecule has 1 aromatic rings. The van der Waals surface area contributed by atoms with Gasteiger partial charge in [0.15, 0.2) is 5.96 Å². The minimum Gasteiger partial charge on any atom is -0.497 e. The molecule has 0 radical (unpaired) electrons. The van der Waals surface area contributed by atoms with Crippen molar-refractivity contribution in [2.45, 2.75) is 32.8 Å². The van der Waals surface area contributed by atoms with Gasteiger partial charge in [-0.25, -0.2) is 4.99 Å². The first-order chi connectivity index (χ1) is 13.7. The van der Waals surface area contributed by atoms with Gasteiger partial charge in [0.25, 0.3) is 0 Å². The van der Waals surface area contributed by atoms with Crippen LogP contribution in [0.25, 0.3) is 0 Å². The molecular weight excluding hydrogens is 485 g/mol. The largest absolute Gasteiger partial charge is 0.497 e. The number of ether oxygens (including phenoxy) is 4. The molecule has 2 atom stereocenters. The molecule has 2 rings (SSSR count). The van der Waals surface area contributed by atoms with Gasteiger partial charge in [0, 0.05) is 32.2 Å². The number of rotatable bonds is 12. The smallest absolute Gasteiger partial charge is 0.191 e. The Kier molecular flexibility index (Phi) is 13.8. The Labute approximate surface area is 191 Å². The third-order valence-corrected chi connectivity index (χ3v) is 4.38. The molecule has 1 aliphatic heterocycles. The van der Waals surface area contributed by atoms with Crippen LogP contribution in [0, 0.1) is 5.92 Å². The second-order valence-corrected chi connectivity index (χ2v) is 6.91. The number of methoxy groups -OCH3 is 1. The van der Waals surface area contributed by atoms with Crippen molar-refractivity contribution >= 4 is 29.9 Å². The van der Waals surface area contributed by atoms with Gasteiger partial charge in [-0.3, -0.25) is 0 Å². The van der Waals surface area contributed by atoms with E-state index in [2.05, 4.69) is 22.5 Å². The first-order valence-corrected chi connectivity index (χ1v) is 10.2. The second-order valence-electron chi connectivity index (χ2n) is 6.91. The van der Waals surface area contributed by atoms with E-state index in [1.54, 1.807) is 7.11 Å². The van der Waals surface area contributed by atoms with E-state index in [1.165, 1.54) is 0 Å². The summed E-state index contributed by atoms with van der Waals surface area (Å²) in [5.74, 6) is 3.00. The molecule has 0 aliphatic carbocycles. The summed E-state index contributed by atoms with van der Waals surface area (Å²) < 4.78 is 22.1. The van der Waals surface area contributed by atoms with Crippen LogP contribution in [0.1, 0.15) is 26.7 Å². The van der Waals surface area contributed by atoms with Crippen molar-refractivity contribution in [1.82, 2.24) is 10.6 Å². The normalized spacial score (nSPS) is 17.3. The zero-order valence-electron chi connectivity index (χ0n) is 17.8. The maximum absolute atomic E-state index is 5.90. The molecule has 8 heteroatoms. The van der Waals surface area contributed by atoms with Gasteiger partial charge in [0.2, 0.25) is 0 Å². The van der Waals surface area contributed by atoms with Crippen LogP contribution in [0.5, 0.6) is 11.5 Å². The SMILES string of the molecule is CCNC(=NCC(C)Oc1ccc(OC)cc1)NCCCOCC1CCOC1.I. The van der Waals surface area contributed by atoms with E-state index in [0.717, 1.165) is 69.8 Å². The predicted octanol–water partition coefficient (Wildman–Crippen LogP) is 3.08. The topological polar surface area (TPSA) is 73.3 Å². The van der Waals surface area contributed by atoms with Crippen LogP contribution in [-0.4, -0.2) is 65.2 Å². The number of guanidine groups is 1. The molecule has 1 heterocycles. The molecule has 29 heavy (non-hydrogen) atoms. The Hall–Kier alpha value is -1.26. The number of aliphatic imine (C=N–C) groups is 1. The average molecular weight is 521 g/mol. The first kappa shape index (κ1) is 25.8. The summed E-state index contributed by atoms with van der Waals surface area (Å²) in [5.41, 5.74) is 0. The Morgan fingerprint density at radius 1 is 1.24 bits per heavy atom. The minimum absolute atomic E-state index is 0. The Balaban J connectivity index is 0.00000420. The van der Waals surface area contributed by atoms with Gasteiger partial charge in [-0.1, -0.05) is 0 Å². The molecule has 0 spiro atoms. The van der Waals surface area contributed by atoms with Gasteiger partial charge in [-0.15, -0.1) is 24.0 Å². The maximum Gasteiger partial charge on any atom is 0.191 e. The van der Waals surface area contributed by atoms with Gasteiger partial charge in [0.05, 0.1) is 26.9 Å². The van der Waals surface area contributed by atoms with Crippen LogP contribution in [0.2, 0.25) is 0 Å². The summed E-state index contributed by atoms with van der Waals surface area (Å²) in [6.45, 7) is 9.54. The lowest BCUT2D eigenvalue weighted by atomic mass is 10.1. The lowest BCUT2D eigenvalue weighted by Gasteiger charge is -2.15. The highest BCUT2D eigenvalue weighted by atomic mass is 127. The van der Waals surface area contributed by atoms with Crippen molar-refractivity contribution in [2.75, 3.05) is 53.2 Å². The van der Waals surface area contributed by atoms with Crippen LogP contribution < -0.4 is 20.1 Å². The first-order valence-electron chi connectivity index (χ1n) is 10.2. The molecule has 1 aliphatic rings. The van der Waals surface area contributed by atoms with Gasteiger partial charge in [-0.2, -0.15) is 0 Å². The number of nitrogens with zero attached hydrogens (tertiary/aromatic N) is 1. The summed E-state index contributed by atoms with van der Waals surface area (Å²) in [6.07, 6.45) is 2.03. The summed E-state index contributed by atoms with van der Waals surface area (Å²) in [6, 6.07) is 7.58. The van der Waals surface area contributed by atoms with E-state index in [-0.39, 0.29) is 30.1 Å². The van der Waals surface area contributed by atoms with Gasteiger partial charge < -0.3 is 29.6 Å². The maximum atomic E-state index is 5.90. The molecule has 7 nitrogen and oxygen atoms in total. The zero-order chi connectivity index (χ0) is 20.0. The Morgan fingerprint density at radius 3 is 2.66 bits per heavy atom. The van der Waals surface area contributed by atoms with E-state index in [0.29, 0.717) is 12.5 Å². The molecule has 0 amide bonds. The van der Waals surface area contributed by atoms with E-state index in [4.69, 9.17) is 18.9 Å². The average Bonchev–Trinajstić information content (AvgIpc) is 3.22. The van der Waals surface area contributed by atoms with Gasteiger partial charge in [0.1, 0.15) is 17.6 Å². The van der Waals surface area contributed by atoms with E-state index in [9.17, 15) is 0 Å². The van der Waals surface area contributed by atoms with Crippen molar-refractivity contribution in [3.05, 3.63) is 24.3 Å². The number of benzene rings is 1. The number of nitrogens with one attached hydrogen (secondary N) is 2. The summed E-state index contributed by atoms with van der Waals surface area (Å²) in [5, 5.41) is 6.61. The van der Waals surface area contributed by atoms with E-state index in [1.807, 2.05) is 31.2 Å². The third-order valence-electron chi connectivity index (χ3n) is 4.38. The second kappa shape index (κ2) is 15.6. The van der Waals surface area contributed by atoms with Crippen molar-refractivity contribution in [1.29, 1.82) is 0 Å². The lowest BCUT2D eigenvalue weighted by Crippen LogP contribution is -2.38. The summed E-state index contributed by atoms with van der Waals surface area (Å²) in [4.78, 5) is 4.61. The molecule has 0 bridgehead atoms. The fourth-order valence-electron chi connectivity index (χ4n) is 2.83.